The monoisotopic (exact) mass is 464 g/mol. The zero-order valence-corrected chi connectivity index (χ0v) is 19.6. The van der Waals surface area contributed by atoms with Crippen molar-refractivity contribution >= 4 is 35.1 Å². The number of unbranched alkanes of at least 4 members (excludes halogenated alkanes) is 8. The van der Waals surface area contributed by atoms with E-state index in [1.807, 2.05) is 0 Å². The molecule has 0 bridgehead atoms. The van der Waals surface area contributed by atoms with E-state index in [0.717, 1.165) is 24.2 Å². The van der Waals surface area contributed by atoms with E-state index in [0.29, 0.717) is 17.8 Å². The number of rotatable bonds is 13. The molecule has 0 fully saturated rings. The van der Waals surface area contributed by atoms with Gasteiger partial charge < -0.3 is 10.4 Å². The third kappa shape index (κ3) is 6.31. The van der Waals surface area contributed by atoms with Gasteiger partial charge in [-0.05, 0) is 48.9 Å². The summed E-state index contributed by atoms with van der Waals surface area (Å²) >= 11 is 0. The number of hydrogen-bond donors (Lipinski definition) is 2. The maximum Gasteiger partial charge on any atom is 0.335 e. The van der Waals surface area contributed by atoms with Crippen LogP contribution in [0.15, 0.2) is 42.5 Å². The predicted octanol–water partition coefficient (Wildman–Crippen LogP) is 6.04. The summed E-state index contributed by atoms with van der Waals surface area (Å²) in [6.07, 6.45) is 11.2. The SMILES string of the molecule is CCCCCCCCCCCC(=O)Nc1ccc(N2C(=O)c3ccc(C(=O)O)cc3C2=O)cc1. The maximum absolute atomic E-state index is 12.7. The normalized spacial score (nSPS) is 12.7. The van der Waals surface area contributed by atoms with Crippen LogP contribution in [0.1, 0.15) is 102 Å². The van der Waals surface area contributed by atoms with E-state index < -0.39 is 17.8 Å². The summed E-state index contributed by atoms with van der Waals surface area (Å²) in [4.78, 5) is 49.9. The summed E-state index contributed by atoms with van der Waals surface area (Å²) in [5.74, 6) is -2.29. The summed E-state index contributed by atoms with van der Waals surface area (Å²) in [5.41, 5.74) is 1.15. The largest absolute Gasteiger partial charge is 0.478 e. The lowest BCUT2D eigenvalue weighted by molar-refractivity contribution is -0.116. The molecule has 0 saturated carbocycles. The number of fused-ring (bicyclic) bond motifs is 1. The van der Waals surface area contributed by atoms with Gasteiger partial charge in [-0.3, -0.25) is 14.4 Å². The second kappa shape index (κ2) is 12.1. The fourth-order valence-electron chi connectivity index (χ4n) is 4.12. The van der Waals surface area contributed by atoms with Crippen molar-refractivity contribution in [3.63, 3.8) is 0 Å². The van der Waals surface area contributed by atoms with Crippen molar-refractivity contribution < 1.29 is 24.3 Å². The van der Waals surface area contributed by atoms with E-state index in [1.165, 1.54) is 56.7 Å². The fourth-order valence-corrected chi connectivity index (χ4v) is 4.12. The van der Waals surface area contributed by atoms with Crippen LogP contribution in [0.3, 0.4) is 0 Å². The van der Waals surface area contributed by atoms with Crippen LogP contribution in [0.2, 0.25) is 0 Å². The lowest BCUT2D eigenvalue weighted by Crippen LogP contribution is -2.29. The lowest BCUT2D eigenvalue weighted by atomic mass is 10.1. The molecule has 7 heteroatoms. The molecule has 3 amide bonds. The molecule has 0 atom stereocenters. The molecule has 0 unspecified atom stereocenters. The highest BCUT2D eigenvalue weighted by Crippen LogP contribution is 2.30. The molecule has 7 nitrogen and oxygen atoms in total. The summed E-state index contributed by atoms with van der Waals surface area (Å²) in [6, 6.07) is 10.4. The number of imide groups is 1. The Balaban J connectivity index is 1.47. The van der Waals surface area contributed by atoms with Crippen molar-refractivity contribution in [2.75, 3.05) is 10.2 Å². The fraction of sp³-hybridized carbons (Fsp3) is 0.407. The number of carbonyl (C=O) groups excluding carboxylic acids is 3. The number of carboxylic acids is 1. The van der Waals surface area contributed by atoms with Gasteiger partial charge in [0.1, 0.15) is 0 Å². The van der Waals surface area contributed by atoms with E-state index in [1.54, 1.807) is 24.3 Å². The molecule has 2 aromatic carbocycles. The first-order valence-corrected chi connectivity index (χ1v) is 12.1. The van der Waals surface area contributed by atoms with Crippen molar-refractivity contribution in [2.24, 2.45) is 0 Å². The van der Waals surface area contributed by atoms with Gasteiger partial charge in [0.2, 0.25) is 5.91 Å². The van der Waals surface area contributed by atoms with Crippen molar-refractivity contribution in [1.29, 1.82) is 0 Å². The quantitative estimate of drug-likeness (QED) is 0.278. The first-order chi connectivity index (χ1) is 16.4. The first kappa shape index (κ1) is 25.1. The number of nitrogens with one attached hydrogen (secondary N) is 1. The second-order valence-corrected chi connectivity index (χ2v) is 8.68. The van der Waals surface area contributed by atoms with Crippen LogP contribution in [0.4, 0.5) is 11.4 Å². The number of hydrogen-bond acceptors (Lipinski definition) is 4. The highest BCUT2D eigenvalue weighted by Gasteiger charge is 2.37. The van der Waals surface area contributed by atoms with Gasteiger partial charge in [0, 0.05) is 12.1 Å². The molecule has 3 rings (SSSR count). The van der Waals surface area contributed by atoms with Crippen LogP contribution in [0.25, 0.3) is 0 Å². The van der Waals surface area contributed by atoms with Gasteiger partial charge in [-0.15, -0.1) is 0 Å². The molecule has 0 radical (unpaired) electrons. The van der Waals surface area contributed by atoms with Crippen molar-refractivity contribution in [3.05, 3.63) is 59.2 Å². The molecule has 1 aliphatic heterocycles. The third-order valence-electron chi connectivity index (χ3n) is 6.05. The number of benzene rings is 2. The zero-order valence-electron chi connectivity index (χ0n) is 19.6. The van der Waals surface area contributed by atoms with Crippen molar-refractivity contribution in [3.8, 4) is 0 Å². The minimum atomic E-state index is -1.16. The Labute approximate surface area is 200 Å². The Morgan fingerprint density at radius 1 is 0.794 bits per heavy atom. The number of carboxylic acid groups (broad SMARTS) is 1. The maximum atomic E-state index is 12.7. The lowest BCUT2D eigenvalue weighted by Gasteiger charge is -2.14. The molecule has 0 spiro atoms. The summed E-state index contributed by atoms with van der Waals surface area (Å²) < 4.78 is 0. The summed E-state index contributed by atoms with van der Waals surface area (Å²) in [7, 11) is 0. The van der Waals surface area contributed by atoms with Crippen LogP contribution in [0, 0.1) is 0 Å². The Bertz CT molecular complexity index is 1050. The summed E-state index contributed by atoms with van der Waals surface area (Å²) in [5, 5.41) is 12.0. The molecular weight excluding hydrogens is 432 g/mol. The van der Waals surface area contributed by atoms with Crippen LogP contribution >= 0.6 is 0 Å². The Hall–Kier alpha value is -3.48. The van der Waals surface area contributed by atoms with Gasteiger partial charge in [0.05, 0.1) is 22.4 Å². The predicted molar refractivity (Wildman–Crippen MR) is 131 cm³/mol. The molecule has 2 aromatic rings. The van der Waals surface area contributed by atoms with E-state index in [4.69, 9.17) is 5.11 Å². The van der Waals surface area contributed by atoms with Crippen molar-refractivity contribution in [1.82, 2.24) is 0 Å². The molecule has 0 aromatic heterocycles. The number of carbonyl (C=O) groups is 4. The molecular formula is C27H32N2O5. The smallest absolute Gasteiger partial charge is 0.335 e. The molecule has 34 heavy (non-hydrogen) atoms. The second-order valence-electron chi connectivity index (χ2n) is 8.68. The number of anilines is 2. The van der Waals surface area contributed by atoms with E-state index >= 15 is 0 Å². The highest BCUT2D eigenvalue weighted by molar-refractivity contribution is 6.34. The van der Waals surface area contributed by atoms with Gasteiger partial charge in [0.25, 0.3) is 11.8 Å². The van der Waals surface area contributed by atoms with Gasteiger partial charge in [-0.1, -0.05) is 58.3 Å². The summed E-state index contributed by atoms with van der Waals surface area (Å²) in [6.45, 7) is 2.22. The number of aromatic carboxylic acids is 1. The number of amides is 3. The minimum Gasteiger partial charge on any atom is -0.478 e. The third-order valence-corrected chi connectivity index (χ3v) is 6.05. The number of nitrogens with zero attached hydrogens (tertiary/aromatic N) is 1. The Morgan fingerprint density at radius 3 is 2.00 bits per heavy atom. The standard InChI is InChI=1S/C27H32N2O5/c1-2-3-4-5-6-7-8-9-10-11-24(30)28-20-13-15-21(16-14-20)29-25(31)22-17-12-19(27(33)34)18-23(22)26(29)32/h12-18H,2-11H2,1H3,(H,28,30)(H,33,34). The van der Waals surface area contributed by atoms with Gasteiger partial charge in [-0.25, -0.2) is 9.69 Å². The highest BCUT2D eigenvalue weighted by atomic mass is 16.4. The molecule has 1 heterocycles. The molecule has 0 saturated heterocycles. The van der Waals surface area contributed by atoms with E-state index in [-0.39, 0.29) is 22.6 Å². The average molecular weight is 465 g/mol. The van der Waals surface area contributed by atoms with Crippen LogP contribution in [-0.2, 0) is 4.79 Å². The van der Waals surface area contributed by atoms with E-state index in [9.17, 15) is 19.2 Å². The van der Waals surface area contributed by atoms with E-state index in [2.05, 4.69) is 12.2 Å². The van der Waals surface area contributed by atoms with Gasteiger partial charge in [-0.2, -0.15) is 0 Å². The minimum absolute atomic E-state index is 0.0493. The van der Waals surface area contributed by atoms with Crippen molar-refractivity contribution in [2.45, 2.75) is 71.1 Å². The average Bonchev–Trinajstić information content (AvgIpc) is 3.08. The van der Waals surface area contributed by atoms with Gasteiger partial charge >= 0.3 is 5.97 Å². The Kier molecular flexibility index (Phi) is 8.96. The van der Waals surface area contributed by atoms with Crippen LogP contribution in [0.5, 0.6) is 0 Å². The molecule has 1 aliphatic rings. The van der Waals surface area contributed by atoms with Gasteiger partial charge in [0.15, 0.2) is 0 Å². The molecule has 0 aliphatic carbocycles. The van der Waals surface area contributed by atoms with Crippen LogP contribution in [-0.4, -0.2) is 28.8 Å². The topological polar surface area (TPSA) is 104 Å². The zero-order chi connectivity index (χ0) is 24.5. The molecule has 2 N–H and O–H groups in total. The molecule has 180 valence electrons. The first-order valence-electron chi connectivity index (χ1n) is 12.1. The van der Waals surface area contributed by atoms with Crippen LogP contribution < -0.4 is 10.2 Å². The Morgan fingerprint density at radius 2 is 1.38 bits per heavy atom.